The summed E-state index contributed by atoms with van der Waals surface area (Å²) in [5, 5.41) is 7.10. The highest BCUT2D eigenvalue weighted by molar-refractivity contribution is 5.79. The zero-order valence-electron chi connectivity index (χ0n) is 15.4. The molecule has 0 spiro atoms. The van der Waals surface area contributed by atoms with Crippen molar-refractivity contribution in [2.24, 2.45) is 5.92 Å². The van der Waals surface area contributed by atoms with Crippen LogP contribution >= 0.6 is 0 Å². The molecule has 1 N–H and O–H groups in total. The maximum Gasteiger partial charge on any atom is 0.324 e. The second-order valence-corrected chi connectivity index (χ2v) is 6.56. The van der Waals surface area contributed by atoms with E-state index in [0.29, 0.717) is 18.4 Å². The van der Waals surface area contributed by atoms with E-state index in [1.54, 1.807) is 7.11 Å². The molecule has 0 bridgehead atoms. The minimum atomic E-state index is -0.0306. The van der Waals surface area contributed by atoms with Crippen molar-refractivity contribution in [1.82, 2.24) is 15.5 Å². The van der Waals surface area contributed by atoms with Gasteiger partial charge in [-0.15, -0.1) is 0 Å². The molecule has 140 valence electrons. The Kier molecular flexibility index (Phi) is 6.09. The van der Waals surface area contributed by atoms with E-state index in [9.17, 15) is 4.79 Å². The quantitative estimate of drug-likeness (QED) is 0.767. The SMILES string of the molecule is CCCCNC(=O)[C@H]1CCCN(c2nc(-c3ccc(OC)cc3)no2)C1. The fourth-order valence-corrected chi connectivity index (χ4v) is 3.10. The van der Waals surface area contributed by atoms with E-state index in [1.807, 2.05) is 29.2 Å². The van der Waals surface area contributed by atoms with Crippen molar-refractivity contribution in [1.29, 1.82) is 0 Å². The lowest BCUT2D eigenvalue weighted by Crippen LogP contribution is -2.43. The van der Waals surface area contributed by atoms with E-state index >= 15 is 0 Å². The van der Waals surface area contributed by atoms with Crippen LogP contribution in [-0.2, 0) is 4.79 Å². The van der Waals surface area contributed by atoms with Gasteiger partial charge in [-0.05, 0) is 43.5 Å². The molecule has 1 fully saturated rings. The molecule has 1 aromatic heterocycles. The van der Waals surface area contributed by atoms with E-state index in [0.717, 1.165) is 50.1 Å². The maximum absolute atomic E-state index is 12.3. The van der Waals surface area contributed by atoms with Crippen LogP contribution in [0.5, 0.6) is 5.75 Å². The number of methoxy groups -OCH3 is 1. The third kappa shape index (κ3) is 4.33. The molecule has 1 atom stereocenters. The molecule has 1 aliphatic heterocycles. The smallest absolute Gasteiger partial charge is 0.324 e. The molecular formula is C19H26N4O3. The minimum Gasteiger partial charge on any atom is -0.497 e. The average Bonchev–Trinajstić information content (AvgIpc) is 3.18. The molecule has 1 aliphatic rings. The van der Waals surface area contributed by atoms with Crippen LogP contribution in [0.3, 0.4) is 0 Å². The van der Waals surface area contributed by atoms with Crippen LogP contribution in [0.1, 0.15) is 32.6 Å². The Morgan fingerprint density at radius 1 is 1.38 bits per heavy atom. The summed E-state index contributed by atoms with van der Waals surface area (Å²) < 4.78 is 10.6. The first-order chi connectivity index (χ1) is 12.7. The first-order valence-corrected chi connectivity index (χ1v) is 9.22. The van der Waals surface area contributed by atoms with E-state index < -0.39 is 0 Å². The lowest BCUT2D eigenvalue weighted by molar-refractivity contribution is -0.125. The van der Waals surface area contributed by atoms with Gasteiger partial charge in [0.1, 0.15) is 5.75 Å². The van der Waals surface area contributed by atoms with Crippen molar-refractivity contribution >= 4 is 11.9 Å². The molecule has 2 aromatic rings. The van der Waals surface area contributed by atoms with Crippen LogP contribution in [0.4, 0.5) is 6.01 Å². The fraction of sp³-hybridized carbons (Fsp3) is 0.526. The maximum atomic E-state index is 12.3. The second kappa shape index (κ2) is 8.69. The molecule has 1 aromatic carbocycles. The lowest BCUT2D eigenvalue weighted by atomic mass is 9.97. The molecule has 0 radical (unpaired) electrons. The molecule has 0 saturated carbocycles. The Morgan fingerprint density at radius 2 is 2.19 bits per heavy atom. The number of carbonyl (C=O) groups excluding carboxylic acids is 1. The van der Waals surface area contributed by atoms with Crippen LogP contribution in [0, 0.1) is 5.92 Å². The number of ether oxygens (including phenoxy) is 1. The van der Waals surface area contributed by atoms with Crippen molar-refractivity contribution in [3.05, 3.63) is 24.3 Å². The topological polar surface area (TPSA) is 80.5 Å². The summed E-state index contributed by atoms with van der Waals surface area (Å²) in [7, 11) is 1.63. The van der Waals surface area contributed by atoms with Crippen molar-refractivity contribution in [2.45, 2.75) is 32.6 Å². The number of anilines is 1. The zero-order chi connectivity index (χ0) is 18.4. The Labute approximate surface area is 153 Å². The zero-order valence-corrected chi connectivity index (χ0v) is 15.4. The van der Waals surface area contributed by atoms with Crippen molar-refractivity contribution in [3.63, 3.8) is 0 Å². The van der Waals surface area contributed by atoms with Gasteiger partial charge < -0.3 is 19.5 Å². The summed E-state index contributed by atoms with van der Waals surface area (Å²) in [6.45, 7) is 4.30. The Hall–Kier alpha value is -2.57. The largest absolute Gasteiger partial charge is 0.497 e. The monoisotopic (exact) mass is 358 g/mol. The number of rotatable bonds is 7. The predicted molar refractivity (Wildman–Crippen MR) is 99.1 cm³/mol. The third-order valence-corrected chi connectivity index (χ3v) is 4.66. The summed E-state index contributed by atoms with van der Waals surface area (Å²) in [6.07, 6.45) is 3.92. The van der Waals surface area contributed by atoms with E-state index in [2.05, 4.69) is 22.4 Å². The van der Waals surface area contributed by atoms with Crippen LogP contribution in [-0.4, -0.2) is 42.8 Å². The van der Waals surface area contributed by atoms with E-state index in [1.165, 1.54) is 0 Å². The highest BCUT2D eigenvalue weighted by atomic mass is 16.5. The van der Waals surface area contributed by atoms with Gasteiger partial charge in [0.2, 0.25) is 11.7 Å². The minimum absolute atomic E-state index is 0.0306. The second-order valence-electron chi connectivity index (χ2n) is 6.56. The van der Waals surface area contributed by atoms with Gasteiger partial charge in [-0.1, -0.05) is 18.5 Å². The van der Waals surface area contributed by atoms with Gasteiger partial charge in [0.25, 0.3) is 0 Å². The Bertz CT molecular complexity index is 714. The van der Waals surface area contributed by atoms with Gasteiger partial charge in [0.15, 0.2) is 0 Å². The van der Waals surface area contributed by atoms with Gasteiger partial charge in [-0.25, -0.2) is 0 Å². The third-order valence-electron chi connectivity index (χ3n) is 4.66. The van der Waals surface area contributed by atoms with Gasteiger partial charge in [0.05, 0.1) is 13.0 Å². The van der Waals surface area contributed by atoms with Crippen LogP contribution in [0.2, 0.25) is 0 Å². The number of piperidine rings is 1. The summed E-state index contributed by atoms with van der Waals surface area (Å²) in [5.74, 6) is 1.41. The summed E-state index contributed by atoms with van der Waals surface area (Å²) in [6, 6.07) is 7.99. The number of amides is 1. The number of nitrogens with zero attached hydrogens (tertiary/aromatic N) is 3. The molecule has 0 unspecified atom stereocenters. The average molecular weight is 358 g/mol. The standard InChI is InChI=1S/C19H26N4O3/c1-3-4-11-20-18(24)15-6-5-12-23(13-15)19-21-17(22-26-19)14-7-9-16(25-2)10-8-14/h7-10,15H,3-6,11-13H2,1-2H3,(H,20,24)/t15-/m0/s1. The molecule has 1 amide bonds. The Balaban J connectivity index is 1.63. The highest BCUT2D eigenvalue weighted by Gasteiger charge is 2.28. The lowest BCUT2D eigenvalue weighted by Gasteiger charge is -2.30. The summed E-state index contributed by atoms with van der Waals surface area (Å²) in [4.78, 5) is 18.8. The van der Waals surface area contributed by atoms with Crippen LogP contribution in [0.25, 0.3) is 11.4 Å². The number of unbranched alkanes of at least 4 members (excludes halogenated alkanes) is 1. The van der Waals surface area contributed by atoms with Gasteiger partial charge in [-0.2, -0.15) is 4.98 Å². The number of hydrogen-bond donors (Lipinski definition) is 1. The van der Waals surface area contributed by atoms with Crippen LogP contribution < -0.4 is 15.0 Å². The molecule has 3 rings (SSSR count). The first-order valence-electron chi connectivity index (χ1n) is 9.22. The molecule has 7 heteroatoms. The number of aromatic nitrogens is 2. The van der Waals surface area contributed by atoms with E-state index in [4.69, 9.17) is 9.26 Å². The highest BCUT2D eigenvalue weighted by Crippen LogP contribution is 2.25. The summed E-state index contributed by atoms with van der Waals surface area (Å²) in [5.41, 5.74) is 0.867. The molecule has 26 heavy (non-hydrogen) atoms. The van der Waals surface area contributed by atoms with Gasteiger partial charge >= 0.3 is 6.01 Å². The normalized spacial score (nSPS) is 17.2. The number of benzene rings is 1. The van der Waals surface area contributed by atoms with Crippen molar-refractivity contribution < 1.29 is 14.1 Å². The van der Waals surface area contributed by atoms with Gasteiger partial charge in [-0.3, -0.25) is 4.79 Å². The van der Waals surface area contributed by atoms with Crippen LogP contribution in [0.15, 0.2) is 28.8 Å². The predicted octanol–water partition coefficient (Wildman–Crippen LogP) is 2.88. The number of hydrogen-bond acceptors (Lipinski definition) is 6. The number of carbonyl (C=O) groups is 1. The van der Waals surface area contributed by atoms with Gasteiger partial charge in [0, 0.05) is 25.2 Å². The summed E-state index contributed by atoms with van der Waals surface area (Å²) >= 11 is 0. The molecule has 2 heterocycles. The molecular weight excluding hydrogens is 332 g/mol. The molecule has 0 aliphatic carbocycles. The fourth-order valence-electron chi connectivity index (χ4n) is 3.10. The van der Waals surface area contributed by atoms with Crippen molar-refractivity contribution in [3.8, 4) is 17.1 Å². The van der Waals surface area contributed by atoms with E-state index in [-0.39, 0.29) is 11.8 Å². The number of nitrogens with one attached hydrogen (secondary N) is 1. The first kappa shape index (κ1) is 18.2. The molecule has 1 saturated heterocycles. The Morgan fingerprint density at radius 3 is 2.92 bits per heavy atom. The van der Waals surface area contributed by atoms with Crippen molar-refractivity contribution in [2.75, 3.05) is 31.6 Å². The molecule has 7 nitrogen and oxygen atoms in total.